The van der Waals surface area contributed by atoms with Gasteiger partial charge in [-0.3, -0.25) is 4.79 Å². The monoisotopic (exact) mass is 361 g/mol. The molecule has 2 unspecified atom stereocenters. The van der Waals surface area contributed by atoms with Crippen LogP contribution >= 0.6 is 11.6 Å². The number of rotatable bonds is 5. The predicted molar refractivity (Wildman–Crippen MR) is 85.8 cm³/mol. The number of nitrogens with zero attached hydrogens (tertiary/aromatic N) is 1. The molecule has 0 spiro atoms. The molecule has 1 fully saturated rings. The highest BCUT2D eigenvalue weighted by molar-refractivity contribution is 7.89. The standard InChI is InChI=1S/C15H20ClNO5S/c1-10-3-12(15(18)19)8-17(7-10)23(20,21)14-5-11(9-22-2)4-13(16)6-14/h4-6,10,12H,3,7-9H2,1-2H3,(H,18,19). The Hall–Kier alpha value is -1.15. The van der Waals surface area contributed by atoms with Gasteiger partial charge in [0.1, 0.15) is 0 Å². The average molecular weight is 362 g/mol. The maximum Gasteiger partial charge on any atom is 0.307 e. The summed E-state index contributed by atoms with van der Waals surface area (Å²) in [4.78, 5) is 11.3. The van der Waals surface area contributed by atoms with Gasteiger partial charge in [-0.1, -0.05) is 18.5 Å². The van der Waals surface area contributed by atoms with Crippen LogP contribution in [0.5, 0.6) is 0 Å². The zero-order chi connectivity index (χ0) is 17.2. The molecule has 1 N–H and O–H groups in total. The number of benzene rings is 1. The molecule has 8 heteroatoms. The molecule has 0 aromatic heterocycles. The van der Waals surface area contributed by atoms with E-state index in [2.05, 4.69) is 0 Å². The van der Waals surface area contributed by atoms with Crippen LogP contribution < -0.4 is 0 Å². The third-order valence-electron chi connectivity index (χ3n) is 3.86. The van der Waals surface area contributed by atoms with E-state index in [0.717, 1.165) is 0 Å². The van der Waals surface area contributed by atoms with Crippen molar-refractivity contribution >= 4 is 27.6 Å². The molecule has 0 bridgehead atoms. The zero-order valence-electron chi connectivity index (χ0n) is 13.0. The number of carbonyl (C=O) groups is 1. The van der Waals surface area contributed by atoms with E-state index in [4.69, 9.17) is 16.3 Å². The van der Waals surface area contributed by atoms with Crippen molar-refractivity contribution in [2.45, 2.75) is 24.8 Å². The van der Waals surface area contributed by atoms with Gasteiger partial charge in [0.15, 0.2) is 0 Å². The number of methoxy groups -OCH3 is 1. The lowest BCUT2D eigenvalue weighted by molar-refractivity contribution is -0.143. The predicted octanol–water partition coefficient (Wildman–Crippen LogP) is 2.22. The normalized spacial score (nSPS) is 22.9. The maximum atomic E-state index is 12.8. The van der Waals surface area contributed by atoms with Crippen molar-refractivity contribution in [1.29, 1.82) is 0 Å². The number of piperidine rings is 1. The summed E-state index contributed by atoms with van der Waals surface area (Å²) in [6, 6.07) is 4.54. The van der Waals surface area contributed by atoms with E-state index < -0.39 is 21.9 Å². The van der Waals surface area contributed by atoms with Gasteiger partial charge in [0, 0.05) is 25.2 Å². The fraction of sp³-hybridized carbons (Fsp3) is 0.533. The summed E-state index contributed by atoms with van der Waals surface area (Å²) >= 11 is 6.01. The quantitative estimate of drug-likeness (QED) is 0.869. The minimum atomic E-state index is -3.79. The van der Waals surface area contributed by atoms with Crippen molar-refractivity contribution in [3.8, 4) is 0 Å². The van der Waals surface area contributed by atoms with Crippen molar-refractivity contribution in [3.05, 3.63) is 28.8 Å². The third kappa shape index (κ3) is 4.23. The second kappa shape index (κ2) is 7.17. The summed E-state index contributed by atoms with van der Waals surface area (Å²) in [5.74, 6) is -1.67. The summed E-state index contributed by atoms with van der Waals surface area (Å²) in [5, 5.41) is 9.51. The first-order chi connectivity index (χ1) is 10.7. The Morgan fingerprint density at radius 2 is 2.09 bits per heavy atom. The van der Waals surface area contributed by atoms with E-state index in [1.165, 1.54) is 23.5 Å². The highest BCUT2D eigenvalue weighted by Crippen LogP contribution is 2.29. The highest BCUT2D eigenvalue weighted by Gasteiger charge is 2.36. The summed E-state index contributed by atoms with van der Waals surface area (Å²) in [5.41, 5.74) is 0.651. The van der Waals surface area contributed by atoms with Gasteiger partial charge >= 0.3 is 5.97 Å². The maximum absolute atomic E-state index is 12.8. The van der Waals surface area contributed by atoms with E-state index >= 15 is 0 Å². The number of ether oxygens (including phenoxy) is 1. The molecule has 1 aromatic rings. The number of carboxylic acid groups (broad SMARTS) is 1. The van der Waals surface area contributed by atoms with Crippen molar-refractivity contribution in [3.63, 3.8) is 0 Å². The fourth-order valence-corrected chi connectivity index (χ4v) is 4.87. The van der Waals surface area contributed by atoms with Crippen LogP contribution in [-0.2, 0) is 26.2 Å². The Labute approximate surface area is 141 Å². The molecule has 2 atom stereocenters. The Balaban J connectivity index is 2.35. The van der Waals surface area contributed by atoms with Gasteiger partial charge in [0.2, 0.25) is 10.0 Å². The largest absolute Gasteiger partial charge is 0.481 e. The molecular weight excluding hydrogens is 342 g/mol. The van der Waals surface area contributed by atoms with Gasteiger partial charge in [-0.2, -0.15) is 4.31 Å². The number of hydrogen-bond donors (Lipinski definition) is 1. The van der Waals surface area contributed by atoms with E-state index in [0.29, 0.717) is 23.6 Å². The van der Waals surface area contributed by atoms with Crippen LogP contribution in [0.3, 0.4) is 0 Å². The summed E-state index contributed by atoms with van der Waals surface area (Å²) in [6.45, 7) is 2.38. The molecule has 1 heterocycles. The molecule has 1 aliphatic heterocycles. The van der Waals surface area contributed by atoms with E-state index in [1.54, 1.807) is 6.07 Å². The van der Waals surface area contributed by atoms with Crippen molar-refractivity contribution in [1.82, 2.24) is 4.31 Å². The van der Waals surface area contributed by atoms with Gasteiger partial charge in [-0.15, -0.1) is 0 Å². The van der Waals surface area contributed by atoms with Gasteiger partial charge in [-0.05, 0) is 36.1 Å². The lowest BCUT2D eigenvalue weighted by atomic mass is 9.92. The molecule has 128 valence electrons. The number of aliphatic carboxylic acids is 1. The molecule has 0 aliphatic carbocycles. The molecule has 0 radical (unpaired) electrons. The lowest BCUT2D eigenvalue weighted by Crippen LogP contribution is -2.45. The van der Waals surface area contributed by atoms with Gasteiger partial charge in [0.05, 0.1) is 17.4 Å². The van der Waals surface area contributed by atoms with Gasteiger partial charge in [-0.25, -0.2) is 8.42 Å². The third-order valence-corrected chi connectivity index (χ3v) is 5.88. The van der Waals surface area contributed by atoms with Crippen molar-refractivity contribution in [2.75, 3.05) is 20.2 Å². The minimum Gasteiger partial charge on any atom is -0.481 e. The minimum absolute atomic E-state index is 0.0164. The number of halogens is 1. The SMILES string of the molecule is COCc1cc(Cl)cc(S(=O)(=O)N2CC(C)CC(C(=O)O)C2)c1. The Bertz CT molecular complexity index is 691. The first-order valence-corrected chi connectivity index (χ1v) is 9.07. The number of sulfonamides is 1. The first kappa shape index (κ1) is 18.2. The van der Waals surface area contributed by atoms with Crippen molar-refractivity contribution in [2.24, 2.45) is 11.8 Å². The fourth-order valence-electron chi connectivity index (χ4n) is 2.85. The van der Waals surface area contributed by atoms with E-state index in [-0.39, 0.29) is 24.0 Å². The second-order valence-electron chi connectivity index (χ2n) is 5.93. The molecule has 1 aliphatic rings. The highest BCUT2D eigenvalue weighted by atomic mass is 35.5. The molecule has 23 heavy (non-hydrogen) atoms. The van der Waals surface area contributed by atoms with Crippen LogP contribution in [0.25, 0.3) is 0 Å². The summed E-state index contributed by atoms with van der Waals surface area (Å²) in [6.07, 6.45) is 0.478. The topological polar surface area (TPSA) is 83.9 Å². The van der Waals surface area contributed by atoms with Crippen LogP contribution in [0.15, 0.2) is 23.1 Å². The lowest BCUT2D eigenvalue weighted by Gasteiger charge is -2.33. The van der Waals surface area contributed by atoms with E-state index in [9.17, 15) is 18.3 Å². The molecule has 2 rings (SSSR count). The van der Waals surface area contributed by atoms with Gasteiger partial charge in [0.25, 0.3) is 0 Å². The van der Waals surface area contributed by atoms with Crippen molar-refractivity contribution < 1.29 is 23.1 Å². The molecular formula is C15H20ClNO5S. The molecule has 0 saturated carbocycles. The van der Waals surface area contributed by atoms with Crippen LogP contribution in [0.1, 0.15) is 18.9 Å². The smallest absolute Gasteiger partial charge is 0.307 e. The molecule has 1 aromatic carbocycles. The zero-order valence-corrected chi connectivity index (χ0v) is 14.6. The first-order valence-electron chi connectivity index (χ1n) is 7.25. The average Bonchev–Trinajstić information content (AvgIpc) is 2.46. The second-order valence-corrected chi connectivity index (χ2v) is 8.30. The Kier molecular flexibility index (Phi) is 5.67. The Morgan fingerprint density at radius 1 is 1.39 bits per heavy atom. The molecule has 1 saturated heterocycles. The van der Waals surface area contributed by atoms with Crippen LogP contribution in [0.4, 0.5) is 0 Å². The molecule has 6 nitrogen and oxygen atoms in total. The van der Waals surface area contributed by atoms with Crippen LogP contribution in [-0.4, -0.2) is 44.0 Å². The van der Waals surface area contributed by atoms with Crippen LogP contribution in [0.2, 0.25) is 5.02 Å². The number of hydrogen-bond acceptors (Lipinski definition) is 4. The van der Waals surface area contributed by atoms with Gasteiger partial charge < -0.3 is 9.84 Å². The summed E-state index contributed by atoms with van der Waals surface area (Å²) < 4.78 is 31.9. The number of carboxylic acids is 1. The summed E-state index contributed by atoms with van der Waals surface area (Å²) in [7, 11) is -2.28. The molecule has 0 amide bonds. The van der Waals surface area contributed by atoms with E-state index in [1.807, 2.05) is 6.92 Å². The Morgan fingerprint density at radius 3 is 2.70 bits per heavy atom. The van der Waals surface area contributed by atoms with Crippen LogP contribution in [0, 0.1) is 11.8 Å².